The zero-order valence-electron chi connectivity index (χ0n) is 43.1. The molecule has 0 amide bonds. The van der Waals surface area contributed by atoms with Gasteiger partial charge in [-0.2, -0.15) is 35.9 Å². The fraction of sp³-hybridized carbons (Fsp3) is 0.180. The van der Waals surface area contributed by atoms with E-state index in [0.29, 0.717) is 0 Å². The molecule has 6 nitrogen and oxygen atoms in total. The molecule has 2 aliphatic rings. The number of rotatable bonds is 5. The Bertz CT molecular complexity index is 2660. The minimum atomic E-state index is 0. The Balaban J connectivity index is 0.000000483. The molecule has 11 rings (SSSR count). The van der Waals surface area contributed by atoms with Crippen LogP contribution in [0, 0.1) is 26.8 Å². The molecule has 0 saturated carbocycles. The van der Waals surface area contributed by atoms with Gasteiger partial charge in [0.2, 0.25) is 0 Å². The minimum Gasteiger partial charge on any atom is -1.00 e. The molecule has 0 radical (unpaired) electrons. The second-order valence-electron chi connectivity index (χ2n) is 16.0. The van der Waals surface area contributed by atoms with Crippen molar-refractivity contribution >= 4 is 62.0 Å². The van der Waals surface area contributed by atoms with Gasteiger partial charge in [-0.25, -0.2) is 4.98 Å². The number of hydrogen-bond donors (Lipinski definition) is 0. The van der Waals surface area contributed by atoms with Gasteiger partial charge in [-0.1, -0.05) is 192 Å². The summed E-state index contributed by atoms with van der Waals surface area (Å²) in [7, 11) is 0. The van der Waals surface area contributed by atoms with E-state index in [-0.39, 0.29) is 65.9 Å². The van der Waals surface area contributed by atoms with Crippen LogP contribution in [0.5, 0.6) is 0 Å². The first-order valence-corrected chi connectivity index (χ1v) is 24.0. The predicted octanol–water partition coefficient (Wildman–Crippen LogP) is 12.2. The van der Waals surface area contributed by atoms with Gasteiger partial charge < -0.3 is 29.3 Å². The van der Waals surface area contributed by atoms with E-state index < -0.39 is 0 Å². The van der Waals surface area contributed by atoms with Gasteiger partial charge in [0.05, 0.1) is 34.7 Å². The second-order valence-corrected chi connectivity index (χ2v) is 17.0. The summed E-state index contributed by atoms with van der Waals surface area (Å²) in [6.07, 6.45) is 10.4. The summed E-state index contributed by atoms with van der Waals surface area (Å²) in [5.41, 5.74) is 13.8. The molecule has 0 N–H and O–H groups in total. The quantitative estimate of drug-likeness (QED) is 0.126. The summed E-state index contributed by atoms with van der Waals surface area (Å²) in [4.78, 5) is 18.6. The Morgan fingerprint density at radius 1 is 0.408 bits per heavy atom. The summed E-state index contributed by atoms with van der Waals surface area (Å²) < 4.78 is 11.0. The van der Waals surface area contributed by atoms with Crippen molar-refractivity contribution in [2.75, 3.05) is 26.4 Å². The third-order valence-corrected chi connectivity index (χ3v) is 11.1. The summed E-state index contributed by atoms with van der Waals surface area (Å²) in [5, 5.41) is 0. The smallest absolute Gasteiger partial charge is 1.00 e. The summed E-state index contributed by atoms with van der Waals surface area (Å²) >= 11 is 3.35. The number of nitrogens with zero attached hydrogens (tertiary/aromatic N) is 4. The molecule has 2 saturated heterocycles. The number of aryl methyl sites for hydroxylation is 3. The van der Waals surface area contributed by atoms with E-state index in [1.807, 2.05) is 115 Å². The molecule has 0 spiro atoms. The number of benzene rings is 7. The Labute approximate surface area is 476 Å². The van der Waals surface area contributed by atoms with Crippen molar-refractivity contribution in [3.8, 4) is 56.3 Å². The van der Waals surface area contributed by atoms with E-state index in [1.165, 1.54) is 42.4 Å². The summed E-state index contributed by atoms with van der Waals surface area (Å²) in [6, 6.07) is 68.1. The molecule has 9 aromatic rings. The Morgan fingerprint density at radius 2 is 0.746 bits per heavy atom. The van der Waals surface area contributed by atoms with Gasteiger partial charge in [0.15, 0.2) is 0 Å². The molecule has 2 aliphatic heterocycles. The van der Waals surface area contributed by atoms with Crippen molar-refractivity contribution in [3.63, 3.8) is 0 Å². The molecule has 2 aromatic heterocycles. The van der Waals surface area contributed by atoms with E-state index in [2.05, 4.69) is 138 Å². The van der Waals surface area contributed by atoms with E-state index in [9.17, 15) is 0 Å². The van der Waals surface area contributed by atoms with Gasteiger partial charge in [0.25, 0.3) is 0 Å². The van der Waals surface area contributed by atoms with Crippen LogP contribution in [0.4, 0.5) is 0 Å². The molecule has 0 bridgehead atoms. The van der Waals surface area contributed by atoms with Crippen LogP contribution in [0.15, 0.2) is 217 Å². The van der Waals surface area contributed by atoms with E-state index in [0.717, 1.165) is 87.2 Å². The number of ether oxygens (including phenoxy) is 2. The standard InChI is InChI=1S/C23H18N2.C16H12N2.C7H7Br.C7H7.2C4H8O.BrH.2Mg.2H/c1-17-12-14-18(15-13-17)21-16-24-22(19-8-4-2-5-9-19)23(25-21)20-10-6-3-7-11-20;1-3-7-13(8-4-1)15-16(18-12-11-17-15)14-9-5-2-6-10-14;1-6-2-4-7(8)5-3-6;1-7-5-3-2-4-6-7;2*1-2-4-5-3-1;;;;;/h2-16H,1H3;1-12H;2-5H,1H3;3-6H,1H3;2*1-4H2;1H;;;;/q;;;-1;;;;2*+2;2*-1/p-1. The largest absolute Gasteiger partial charge is 2.00 e. The van der Waals surface area contributed by atoms with Gasteiger partial charge in [0.1, 0.15) is 0 Å². The maximum absolute atomic E-state index is 4.96. The first-order valence-electron chi connectivity index (χ1n) is 23.2. The second kappa shape index (κ2) is 35.3. The van der Waals surface area contributed by atoms with Crippen LogP contribution in [0.3, 0.4) is 0 Å². The first kappa shape index (κ1) is 60.4. The third kappa shape index (κ3) is 21.8. The van der Waals surface area contributed by atoms with Crippen molar-refractivity contribution in [1.29, 1.82) is 0 Å². The molecule has 0 aliphatic carbocycles. The van der Waals surface area contributed by atoms with Gasteiger partial charge >= 0.3 is 46.1 Å². The van der Waals surface area contributed by atoms with Crippen LogP contribution < -0.4 is 17.0 Å². The summed E-state index contributed by atoms with van der Waals surface area (Å²) in [6.45, 7) is 10.2. The van der Waals surface area contributed by atoms with Crippen LogP contribution in [-0.4, -0.2) is 92.5 Å². The van der Waals surface area contributed by atoms with Crippen LogP contribution >= 0.6 is 15.9 Å². The van der Waals surface area contributed by atoms with Gasteiger partial charge in [-0.05, 0) is 51.7 Å². The average Bonchev–Trinajstić information content (AvgIpc) is 4.21. The molecular formula is C61H62Br2Mg2N4O2. The molecule has 10 heteroatoms. The van der Waals surface area contributed by atoms with Gasteiger partial charge in [-0.15, -0.1) is 0 Å². The first-order chi connectivity index (χ1) is 33.4. The molecule has 356 valence electrons. The molecular weight excluding hydrogens is 1030 g/mol. The zero-order valence-corrected chi connectivity index (χ0v) is 47.1. The van der Waals surface area contributed by atoms with Gasteiger partial charge in [-0.3, -0.25) is 15.0 Å². The third-order valence-electron chi connectivity index (χ3n) is 10.6. The predicted molar refractivity (Wildman–Crippen MR) is 299 cm³/mol. The van der Waals surface area contributed by atoms with Crippen molar-refractivity contribution < 1.29 is 29.3 Å². The maximum atomic E-state index is 4.96. The van der Waals surface area contributed by atoms with Gasteiger partial charge in [0, 0.05) is 71.1 Å². The molecule has 4 heterocycles. The van der Waals surface area contributed by atoms with E-state index in [1.54, 1.807) is 12.4 Å². The topological polar surface area (TPSA) is 70.0 Å². The molecule has 7 aromatic carbocycles. The van der Waals surface area contributed by atoms with E-state index in [4.69, 9.17) is 19.4 Å². The maximum Gasteiger partial charge on any atom is 2.00 e. The monoisotopic (exact) mass is 1090 g/mol. The van der Waals surface area contributed by atoms with Crippen LogP contribution in [-0.2, 0) is 9.47 Å². The van der Waals surface area contributed by atoms with Crippen molar-refractivity contribution in [2.45, 2.75) is 46.5 Å². The van der Waals surface area contributed by atoms with Crippen LogP contribution in [0.2, 0.25) is 0 Å². The number of aromatic nitrogens is 4. The van der Waals surface area contributed by atoms with E-state index >= 15 is 0 Å². The fourth-order valence-electron chi connectivity index (χ4n) is 6.83. The van der Waals surface area contributed by atoms with Crippen LogP contribution in [0.1, 0.15) is 45.2 Å². The van der Waals surface area contributed by atoms with Crippen LogP contribution in [0.25, 0.3) is 56.3 Å². The van der Waals surface area contributed by atoms with Crippen molar-refractivity contribution in [1.82, 2.24) is 19.9 Å². The van der Waals surface area contributed by atoms with Crippen molar-refractivity contribution in [3.05, 3.63) is 240 Å². The minimum absolute atomic E-state index is 0. The molecule has 2 fully saturated rings. The SMILES string of the molecule is C1CCOC1.C1CCOC1.Cc1cc[c-]cc1.Cc1ccc(-c2cnc(-c3ccccc3)c(-c3ccccc3)n2)cc1.Cc1ccc(Br)cc1.[Br-].[H-].[H-].[Mg+2].[Mg+2].c1ccc(-c2nccnc2-c2ccccc2)cc1. The van der Waals surface area contributed by atoms with Crippen molar-refractivity contribution in [2.24, 2.45) is 0 Å². The molecule has 0 atom stereocenters. The number of halogens is 2. The zero-order chi connectivity index (χ0) is 47.4. The Kier molecular flexibility index (Phi) is 30.0. The Morgan fingerprint density at radius 3 is 1.07 bits per heavy atom. The average molecular weight is 1090 g/mol. The Hall–Kier alpha value is -4.89. The summed E-state index contributed by atoms with van der Waals surface area (Å²) in [5.74, 6) is 0. The normalized spacial score (nSPS) is 11.6. The molecule has 71 heavy (non-hydrogen) atoms. The fourth-order valence-corrected chi connectivity index (χ4v) is 7.10. The molecule has 0 unspecified atom stereocenters. The number of hydrogen-bond acceptors (Lipinski definition) is 6.